The van der Waals surface area contributed by atoms with Gasteiger partial charge in [-0.2, -0.15) is 0 Å². The van der Waals surface area contributed by atoms with Crippen LogP contribution < -0.4 is 86.7 Å². The molecule has 1 aliphatic rings. The van der Waals surface area contributed by atoms with E-state index in [4.69, 9.17) is 15.6 Å². The molecule has 1 saturated heterocycles. The quantitative estimate of drug-likeness (QED) is 0.398. The Morgan fingerprint density at radius 3 is 2.62 bits per heavy atom. The van der Waals surface area contributed by atoms with Gasteiger partial charge in [-0.1, -0.05) is 0 Å². The SMILES string of the molecule is Nc1ncnc2c1ncn2[C@@H]1O[C@H](CO)[C@@H](O)[C@H]1O.[H-].[H-].[K+].[Na+]. The molecule has 9 nitrogen and oxygen atoms in total. The number of rotatable bonds is 2. The predicted molar refractivity (Wildman–Crippen MR) is 65.0 cm³/mol. The van der Waals surface area contributed by atoms with Crippen LogP contribution in [-0.2, 0) is 4.74 Å². The second-order valence-corrected chi connectivity index (χ2v) is 4.31. The Bertz CT molecular complexity index is 624. The van der Waals surface area contributed by atoms with Crippen molar-refractivity contribution in [3.63, 3.8) is 0 Å². The molecule has 0 saturated carbocycles. The van der Waals surface area contributed by atoms with Crippen LogP contribution in [0, 0.1) is 0 Å². The Labute approximate surface area is 187 Å². The van der Waals surface area contributed by atoms with Crippen molar-refractivity contribution in [2.75, 3.05) is 12.3 Å². The van der Waals surface area contributed by atoms with Crippen molar-refractivity contribution in [3.8, 4) is 0 Å². The van der Waals surface area contributed by atoms with Crippen molar-refractivity contribution in [3.05, 3.63) is 12.7 Å². The zero-order valence-electron chi connectivity index (χ0n) is 13.8. The summed E-state index contributed by atoms with van der Waals surface area (Å²) in [5, 5.41) is 28.7. The topological polar surface area (TPSA) is 140 Å². The van der Waals surface area contributed by atoms with Gasteiger partial charge in [0.05, 0.1) is 12.9 Å². The standard InChI is InChI=1S/C10H13N5O4.K.Na.2H/c11-8-5-9(13-2-12-8)15(3-14-5)10-7(18)6(17)4(1-16)19-10;;;;/h2-4,6-7,10,16-18H,1H2,(H2,11,12,13);;;;/q;2*+1;2*-1/t4-,6-,7-,10-;;;;/m1..../s1. The molecule has 21 heavy (non-hydrogen) atoms. The second kappa shape index (κ2) is 8.08. The van der Waals surface area contributed by atoms with E-state index in [1.165, 1.54) is 17.2 Å². The zero-order chi connectivity index (χ0) is 13.6. The fourth-order valence-corrected chi connectivity index (χ4v) is 2.17. The van der Waals surface area contributed by atoms with Gasteiger partial charge in [-0.3, -0.25) is 4.57 Å². The van der Waals surface area contributed by atoms with Gasteiger partial charge < -0.3 is 28.6 Å². The van der Waals surface area contributed by atoms with E-state index in [1.807, 2.05) is 0 Å². The first-order valence-corrected chi connectivity index (χ1v) is 5.69. The van der Waals surface area contributed by atoms with Crippen LogP contribution in [-0.4, -0.2) is 59.8 Å². The molecule has 0 radical (unpaired) electrons. The summed E-state index contributed by atoms with van der Waals surface area (Å²) in [5.74, 6) is 0.218. The maximum Gasteiger partial charge on any atom is 1.00 e. The van der Waals surface area contributed by atoms with Gasteiger partial charge in [-0.25, -0.2) is 15.0 Å². The molecule has 3 heterocycles. The van der Waals surface area contributed by atoms with E-state index in [0.29, 0.717) is 11.2 Å². The third kappa shape index (κ3) is 3.51. The first kappa shape index (κ1) is 19.9. The van der Waals surface area contributed by atoms with Crippen LogP contribution in [0.5, 0.6) is 0 Å². The molecule has 4 atom stereocenters. The molecule has 0 unspecified atom stereocenters. The number of aliphatic hydroxyl groups excluding tert-OH is 3. The average Bonchev–Trinajstić information content (AvgIpc) is 2.94. The zero-order valence-corrected chi connectivity index (χ0v) is 16.9. The van der Waals surface area contributed by atoms with E-state index in [1.54, 1.807) is 0 Å². The smallest absolute Gasteiger partial charge is 1.00 e. The predicted octanol–water partition coefficient (Wildman–Crippen LogP) is -7.75. The van der Waals surface area contributed by atoms with E-state index in [2.05, 4.69) is 15.0 Å². The van der Waals surface area contributed by atoms with Gasteiger partial charge in [-0.15, -0.1) is 0 Å². The number of hydrogen-bond acceptors (Lipinski definition) is 8. The van der Waals surface area contributed by atoms with Gasteiger partial charge in [0.15, 0.2) is 17.7 Å². The number of nitrogens with two attached hydrogens (primary N) is 1. The van der Waals surface area contributed by atoms with Crippen LogP contribution in [0.15, 0.2) is 12.7 Å². The largest absolute Gasteiger partial charge is 1.00 e. The monoisotopic (exact) mass is 331 g/mol. The second-order valence-electron chi connectivity index (χ2n) is 4.31. The third-order valence-corrected chi connectivity index (χ3v) is 3.18. The van der Waals surface area contributed by atoms with Crippen LogP contribution in [0.25, 0.3) is 11.2 Å². The van der Waals surface area contributed by atoms with Gasteiger partial charge in [0.1, 0.15) is 30.2 Å². The van der Waals surface area contributed by atoms with Crippen molar-refractivity contribution in [1.82, 2.24) is 19.5 Å². The molecule has 2 aromatic heterocycles. The molecule has 3 rings (SSSR count). The number of hydrogen-bond donors (Lipinski definition) is 4. The van der Waals surface area contributed by atoms with E-state index in [0.717, 1.165) is 0 Å². The summed E-state index contributed by atoms with van der Waals surface area (Å²) in [4.78, 5) is 11.9. The molecule has 1 fully saturated rings. The van der Waals surface area contributed by atoms with Crippen molar-refractivity contribution in [2.45, 2.75) is 24.5 Å². The molecule has 0 amide bonds. The fourth-order valence-electron chi connectivity index (χ4n) is 2.17. The van der Waals surface area contributed by atoms with Gasteiger partial charge in [0.25, 0.3) is 0 Å². The van der Waals surface area contributed by atoms with E-state index < -0.39 is 31.1 Å². The number of anilines is 1. The first-order valence-electron chi connectivity index (χ1n) is 5.69. The summed E-state index contributed by atoms with van der Waals surface area (Å²) in [5.41, 5.74) is 6.44. The van der Waals surface area contributed by atoms with E-state index in [9.17, 15) is 10.2 Å². The van der Waals surface area contributed by atoms with Gasteiger partial charge >= 0.3 is 80.9 Å². The minimum absolute atomic E-state index is 0. The Morgan fingerprint density at radius 1 is 1.29 bits per heavy atom. The Balaban J connectivity index is 0. The van der Waals surface area contributed by atoms with Gasteiger partial charge in [0.2, 0.25) is 0 Å². The van der Waals surface area contributed by atoms with Gasteiger partial charge in [0, 0.05) is 0 Å². The summed E-state index contributed by atoms with van der Waals surface area (Å²) in [6.45, 7) is -0.390. The number of fused-ring (bicyclic) bond motifs is 1. The summed E-state index contributed by atoms with van der Waals surface area (Å²) in [6, 6.07) is 0. The molecule has 106 valence electrons. The molecule has 11 heteroatoms. The number of aromatic nitrogens is 4. The summed E-state index contributed by atoms with van der Waals surface area (Å²) >= 11 is 0. The van der Waals surface area contributed by atoms with Crippen LogP contribution in [0.2, 0.25) is 0 Å². The fraction of sp³-hybridized carbons (Fsp3) is 0.500. The number of imidazole rings is 1. The van der Waals surface area contributed by atoms with Crippen LogP contribution >= 0.6 is 0 Å². The van der Waals surface area contributed by atoms with Crippen LogP contribution in [0.4, 0.5) is 5.82 Å². The third-order valence-electron chi connectivity index (χ3n) is 3.18. The maximum absolute atomic E-state index is 9.95. The Kier molecular flexibility index (Phi) is 7.65. The Hall–Kier alpha value is 0.826. The summed E-state index contributed by atoms with van der Waals surface area (Å²) in [7, 11) is 0. The van der Waals surface area contributed by atoms with E-state index >= 15 is 0 Å². The minimum Gasteiger partial charge on any atom is -1.00 e. The molecule has 0 aromatic carbocycles. The normalized spacial score (nSPS) is 28.1. The molecule has 2 aromatic rings. The minimum atomic E-state index is -1.19. The van der Waals surface area contributed by atoms with Crippen molar-refractivity contribution in [1.29, 1.82) is 0 Å². The summed E-state index contributed by atoms with van der Waals surface area (Å²) < 4.78 is 6.85. The molecule has 5 N–H and O–H groups in total. The molecular weight excluding hydrogens is 316 g/mol. The Morgan fingerprint density at radius 2 is 2.00 bits per heavy atom. The van der Waals surface area contributed by atoms with Crippen molar-refractivity contribution < 1.29 is 104 Å². The number of nitrogens with zero attached hydrogens (tertiary/aromatic N) is 4. The molecule has 0 aliphatic carbocycles. The number of nitrogen functional groups attached to an aromatic ring is 1. The van der Waals surface area contributed by atoms with Gasteiger partial charge in [-0.05, 0) is 0 Å². The molecule has 0 spiro atoms. The molecular formula is C10H15KN5NaO4. The number of ether oxygens (including phenoxy) is 1. The molecule has 1 aliphatic heterocycles. The van der Waals surface area contributed by atoms with Crippen LogP contribution in [0.1, 0.15) is 9.08 Å². The summed E-state index contributed by atoms with van der Waals surface area (Å²) in [6.07, 6.45) is -1.42. The molecule has 0 bridgehead atoms. The van der Waals surface area contributed by atoms with Crippen molar-refractivity contribution in [2.24, 2.45) is 0 Å². The maximum atomic E-state index is 9.95. The van der Waals surface area contributed by atoms with Crippen molar-refractivity contribution >= 4 is 17.0 Å². The number of aliphatic hydroxyl groups is 3. The average molecular weight is 331 g/mol. The first-order chi connectivity index (χ1) is 9.13. The van der Waals surface area contributed by atoms with E-state index in [-0.39, 0.29) is 89.6 Å². The van der Waals surface area contributed by atoms with Crippen LogP contribution in [0.3, 0.4) is 0 Å².